The van der Waals surface area contributed by atoms with Gasteiger partial charge in [-0.1, -0.05) is 0 Å². The van der Waals surface area contributed by atoms with Gasteiger partial charge in [-0.15, -0.1) is 0 Å². The first kappa shape index (κ1) is 15.2. The third kappa shape index (κ3) is 3.19. The molecule has 118 valence electrons. The molecule has 0 saturated carbocycles. The van der Waals surface area contributed by atoms with Gasteiger partial charge >= 0.3 is 0 Å². The maximum absolute atomic E-state index is 4.62. The quantitative estimate of drug-likeness (QED) is 0.943. The van der Waals surface area contributed by atoms with Crippen molar-refractivity contribution in [3.05, 3.63) is 30.0 Å². The van der Waals surface area contributed by atoms with Gasteiger partial charge in [-0.25, -0.2) is 0 Å². The van der Waals surface area contributed by atoms with Crippen LogP contribution in [0.3, 0.4) is 0 Å². The average Bonchev–Trinajstić information content (AvgIpc) is 2.94. The lowest BCUT2D eigenvalue weighted by atomic mass is 9.91. The number of aryl methyl sites for hydroxylation is 1. The normalized spacial score (nSPS) is 19.7. The van der Waals surface area contributed by atoms with Crippen LogP contribution >= 0.6 is 0 Å². The van der Waals surface area contributed by atoms with Crippen molar-refractivity contribution in [2.45, 2.75) is 46.1 Å². The summed E-state index contributed by atoms with van der Waals surface area (Å²) in [4.78, 5) is 11.8. The Balaban J connectivity index is 1.80. The van der Waals surface area contributed by atoms with E-state index in [0.717, 1.165) is 35.6 Å². The Morgan fingerprint density at radius 2 is 2.14 bits per heavy atom. The second-order valence-electron chi connectivity index (χ2n) is 6.56. The van der Waals surface area contributed by atoms with Crippen LogP contribution in [0.15, 0.2) is 18.6 Å². The highest BCUT2D eigenvalue weighted by molar-refractivity contribution is 5.62. The number of nitrogens with zero attached hydrogens (tertiary/aromatic N) is 4. The highest BCUT2D eigenvalue weighted by Crippen LogP contribution is 2.27. The molecule has 0 spiro atoms. The van der Waals surface area contributed by atoms with Crippen LogP contribution in [0.2, 0.25) is 0 Å². The van der Waals surface area contributed by atoms with Gasteiger partial charge in [0.05, 0.1) is 17.6 Å². The van der Waals surface area contributed by atoms with E-state index < -0.39 is 0 Å². The molecule has 0 amide bonds. The Morgan fingerprint density at radius 3 is 2.86 bits per heavy atom. The van der Waals surface area contributed by atoms with E-state index in [1.165, 1.54) is 19.4 Å². The molecule has 5 heteroatoms. The van der Waals surface area contributed by atoms with Gasteiger partial charge in [0.1, 0.15) is 0 Å². The number of H-pyrrole nitrogens is 1. The van der Waals surface area contributed by atoms with Crippen molar-refractivity contribution in [2.75, 3.05) is 13.1 Å². The van der Waals surface area contributed by atoms with E-state index in [-0.39, 0.29) is 0 Å². The molecule has 1 saturated heterocycles. The molecule has 2 aromatic rings. The highest BCUT2D eigenvalue weighted by Gasteiger charge is 2.24. The molecule has 2 aromatic heterocycles. The standard InChI is InChI=1S/C17H25N5/c1-12(2)22-8-4-5-14(11-22)9-16-17(19-7-6-18-16)15-10-20-21-13(15)3/h6-7,10,12,14H,4-5,8-9,11H2,1-3H3,(H,20,21)/t14-/m0/s1. The summed E-state index contributed by atoms with van der Waals surface area (Å²) in [5.41, 5.74) is 4.20. The van der Waals surface area contributed by atoms with Gasteiger partial charge < -0.3 is 4.90 Å². The van der Waals surface area contributed by atoms with Crippen LogP contribution < -0.4 is 0 Å². The predicted octanol–water partition coefficient (Wildman–Crippen LogP) is 2.84. The molecular weight excluding hydrogens is 274 g/mol. The van der Waals surface area contributed by atoms with Crippen molar-refractivity contribution in [3.63, 3.8) is 0 Å². The molecule has 0 bridgehead atoms. The summed E-state index contributed by atoms with van der Waals surface area (Å²) in [5.74, 6) is 0.666. The molecule has 22 heavy (non-hydrogen) atoms. The molecule has 1 aliphatic heterocycles. The van der Waals surface area contributed by atoms with Crippen molar-refractivity contribution < 1.29 is 0 Å². The molecule has 1 atom stereocenters. The molecule has 1 N–H and O–H groups in total. The van der Waals surface area contributed by atoms with Crippen molar-refractivity contribution in [1.29, 1.82) is 0 Å². The van der Waals surface area contributed by atoms with E-state index in [1.54, 1.807) is 12.4 Å². The monoisotopic (exact) mass is 299 g/mol. The number of likely N-dealkylation sites (tertiary alicyclic amines) is 1. The molecular formula is C17H25N5. The molecule has 0 radical (unpaired) electrons. The molecule has 0 aromatic carbocycles. The van der Waals surface area contributed by atoms with Crippen LogP contribution in [-0.4, -0.2) is 44.2 Å². The largest absolute Gasteiger partial charge is 0.301 e. The van der Waals surface area contributed by atoms with Crippen molar-refractivity contribution >= 4 is 0 Å². The zero-order chi connectivity index (χ0) is 15.5. The molecule has 1 fully saturated rings. The second-order valence-corrected chi connectivity index (χ2v) is 6.56. The summed E-state index contributed by atoms with van der Waals surface area (Å²) >= 11 is 0. The van der Waals surface area contributed by atoms with Crippen LogP contribution in [0.5, 0.6) is 0 Å². The number of hydrogen-bond donors (Lipinski definition) is 1. The smallest absolute Gasteiger partial charge is 0.0951 e. The minimum Gasteiger partial charge on any atom is -0.301 e. The molecule has 3 heterocycles. The lowest BCUT2D eigenvalue weighted by Crippen LogP contribution is -2.40. The van der Waals surface area contributed by atoms with E-state index in [2.05, 4.69) is 38.9 Å². The van der Waals surface area contributed by atoms with Crippen LogP contribution in [0.1, 0.15) is 38.1 Å². The Hall–Kier alpha value is -1.75. The Morgan fingerprint density at radius 1 is 1.32 bits per heavy atom. The van der Waals surface area contributed by atoms with Crippen molar-refractivity contribution in [3.8, 4) is 11.3 Å². The first-order chi connectivity index (χ1) is 10.6. The van der Waals surface area contributed by atoms with Crippen LogP contribution in [0, 0.1) is 12.8 Å². The highest BCUT2D eigenvalue weighted by atomic mass is 15.2. The first-order valence-corrected chi connectivity index (χ1v) is 8.19. The summed E-state index contributed by atoms with van der Waals surface area (Å²) in [6.07, 6.45) is 8.98. The molecule has 3 rings (SSSR count). The number of aromatic nitrogens is 4. The van der Waals surface area contributed by atoms with Crippen molar-refractivity contribution in [2.24, 2.45) is 5.92 Å². The van der Waals surface area contributed by atoms with E-state index in [9.17, 15) is 0 Å². The summed E-state index contributed by atoms with van der Waals surface area (Å²) in [5, 5.41) is 7.11. The van der Waals surface area contributed by atoms with Gasteiger partial charge in [-0.05, 0) is 52.5 Å². The van der Waals surface area contributed by atoms with E-state index in [0.29, 0.717) is 12.0 Å². The van der Waals surface area contributed by atoms with Crippen LogP contribution in [-0.2, 0) is 6.42 Å². The summed E-state index contributed by atoms with van der Waals surface area (Å²) in [6.45, 7) is 8.98. The summed E-state index contributed by atoms with van der Waals surface area (Å²) < 4.78 is 0. The van der Waals surface area contributed by atoms with Gasteiger partial charge in [0.25, 0.3) is 0 Å². The second kappa shape index (κ2) is 6.57. The molecule has 5 nitrogen and oxygen atoms in total. The minimum atomic E-state index is 0.625. The summed E-state index contributed by atoms with van der Waals surface area (Å²) in [7, 11) is 0. The fraction of sp³-hybridized carbons (Fsp3) is 0.588. The molecule has 0 aliphatic carbocycles. The van der Waals surface area contributed by atoms with Gasteiger partial charge in [0, 0.05) is 36.2 Å². The third-order valence-corrected chi connectivity index (χ3v) is 4.62. The number of piperidine rings is 1. The van der Waals surface area contributed by atoms with E-state index in [1.807, 2.05) is 13.1 Å². The Bertz CT molecular complexity index is 619. The molecule has 1 aliphatic rings. The molecule has 0 unspecified atom stereocenters. The van der Waals surface area contributed by atoms with E-state index >= 15 is 0 Å². The lowest BCUT2D eigenvalue weighted by Gasteiger charge is -2.35. The fourth-order valence-corrected chi connectivity index (χ4v) is 3.34. The Kier molecular flexibility index (Phi) is 4.52. The third-order valence-electron chi connectivity index (χ3n) is 4.62. The van der Waals surface area contributed by atoms with Crippen molar-refractivity contribution in [1.82, 2.24) is 25.1 Å². The zero-order valence-electron chi connectivity index (χ0n) is 13.7. The number of nitrogens with one attached hydrogen (secondary N) is 1. The first-order valence-electron chi connectivity index (χ1n) is 8.19. The van der Waals surface area contributed by atoms with E-state index in [4.69, 9.17) is 0 Å². The minimum absolute atomic E-state index is 0.625. The van der Waals surface area contributed by atoms with Crippen LogP contribution in [0.25, 0.3) is 11.3 Å². The van der Waals surface area contributed by atoms with Gasteiger partial charge in [-0.3, -0.25) is 15.1 Å². The van der Waals surface area contributed by atoms with Gasteiger partial charge in [0.15, 0.2) is 0 Å². The fourth-order valence-electron chi connectivity index (χ4n) is 3.34. The maximum atomic E-state index is 4.62. The van der Waals surface area contributed by atoms with Crippen LogP contribution in [0.4, 0.5) is 0 Å². The lowest BCUT2D eigenvalue weighted by molar-refractivity contribution is 0.139. The Labute approximate surface area is 132 Å². The topological polar surface area (TPSA) is 57.7 Å². The number of aromatic amines is 1. The van der Waals surface area contributed by atoms with Gasteiger partial charge in [-0.2, -0.15) is 5.10 Å². The maximum Gasteiger partial charge on any atom is 0.0951 e. The SMILES string of the molecule is Cc1[nH]ncc1-c1nccnc1C[C@@H]1CCCN(C(C)C)C1. The zero-order valence-corrected chi connectivity index (χ0v) is 13.7. The summed E-state index contributed by atoms with van der Waals surface area (Å²) in [6, 6.07) is 0.625. The van der Waals surface area contributed by atoms with Gasteiger partial charge in [0.2, 0.25) is 0 Å². The number of rotatable bonds is 4. The average molecular weight is 299 g/mol. The predicted molar refractivity (Wildman–Crippen MR) is 87.5 cm³/mol. The number of hydrogen-bond acceptors (Lipinski definition) is 4.